The molecule has 0 bridgehead atoms. The van der Waals surface area contributed by atoms with Crippen LogP contribution < -0.4 is 14.8 Å². The van der Waals surface area contributed by atoms with Gasteiger partial charge in [-0.15, -0.1) is 0 Å². The van der Waals surface area contributed by atoms with Gasteiger partial charge in [0.2, 0.25) is 0 Å². The zero-order chi connectivity index (χ0) is 21.3. The van der Waals surface area contributed by atoms with Gasteiger partial charge < -0.3 is 14.8 Å². The summed E-state index contributed by atoms with van der Waals surface area (Å²) in [6, 6.07) is 16.3. The van der Waals surface area contributed by atoms with Crippen LogP contribution in [0.2, 0.25) is 5.02 Å². The lowest BCUT2D eigenvalue weighted by Crippen LogP contribution is -2.32. The second-order valence-corrected chi connectivity index (χ2v) is 7.92. The van der Waals surface area contributed by atoms with Gasteiger partial charge in [0.05, 0.1) is 25.7 Å². The Morgan fingerprint density at radius 3 is 2.41 bits per heavy atom. The van der Waals surface area contributed by atoms with Crippen molar-refractivity contribution in [3.05, 3.63) is 58.6 Å². The molecule has 0 unspecified atom stereocenters. The molecule has 0 aliphatic carbocycles. The molecule has 0 saturated heterocycles. The van der Waals surface area contributed by atoms with Crippen LogP contribution in [0.15, 0.2) is 42.5 Å². The molecule has 2 aromatic carbocycles. The molecule has 0 aliphatic rings. The van der Waals surface area contributed by atoms with Gasteiger partial charge in [0.25, 0.3) is 0 Å². The summed E-state index contributed by atoms with van der Waals surface area (Å²) in [7, 11) is 3.29. The molecule has 2 rings (SSSR count). The van der Waals surface area contributed by atoms with Crippen LogP contribution in [0, 0.1) is 17.2 Å². The maximum atomic E-state index is 10.0. The first-order valence-corrected chi connectivity index (χ1v) is 10.4. The molecule has 0 radical (unpaired) electrons. The summed E-state index contributed by atoms with van der Waals surface area (Å²) in [5.41, 5.74) is 1.56. The molecule has 29 heavy (non-hydrogen) atoms. The van der Waals surface area contributed by atoms with Gasteiger partial charge >= 0.3 is 0 Å². The van der Waals surface area contributed by atoms with Crippen molar-refractivity contribution in [2.24, 2.45) is 5.92 Å². The topological polar surface area (TPSA) is 54.3 Å². The van der Waals surface area contributed by atoms with Gasteiger partial charge in [0, 0.05) is 5.02 Å². The van der Waals surface area contributed by atoms with Crippen molar-refractivity contribution >= 4 is 11.6 Å². The Hall–Kier alpha value is -2.22. The van der Waals surface area contributed by atoms with Gasteiger partial charge in [-0.25, -0.2) is 0 Å². The average molecular weight is 415 g/mol. The van der Waals surface area contributed by atoms with Crippen molar-refractivity contribution < 1.29 is 9.47 Å². The zero-order valence-electron chi connectivity index (χ0n) is 17.8. The highest BCUT2D eigenvalue weighted by Gasteiger charge is 2.36. The lowest BCUT2D eigenvalue weighted by atomic mass is 9.70. The van der Waals surface area contributed by atoms with E-state index in [-0.39, 0.29) is 5.92 Å². The second kappa shape index (κ2) is 11.1. The molecule has 0 fully saturated rings. The van der Waals surface area contributed by atoms with E-state index in [0.29, 0.717) is 5.02 Å². The lowest BCUT2D eigenvalue weighted by Gasteiger charge is -2.32. The summed E-state index contributed by atoms with van der Waals surface area (Å²) < 4.78 is 10.6. The highest BCUT2D eigenvalue weighted by Crippen LogP contribution is 2.39. The number of hydrogen-bond acceptors (Lipinski definition) is 4. The van der Waals surface area contributed by atoms with E-state index in [4.69, 9.17) is 21.1 Å². The van der Waals surface area contributed by atoms with Crippen LogP contribution in [0.4, 0.5) is 0 Å². The molecule has 0 aromatic heterocycles. The Kier molecular flexibility index (Phi) is 8.82. The van der Waals surface area contributed by atoms with Crippen LogP contribution in [0.5, 0.6) is 11.5 Å². The lowest BCUT2D eigenvalue weighted by molar-refractivity contribution is 0.354. The highest BCUT2D eigenvalue weighted by molar-refractivity contribution is 6.31. The molecule has 1 N–H and O–H groups in total. The largest absolute Gasteiger partial charge is 0.493 e. The minimum absolute atomic E-state index is 0.180. The van der Waals surface area contributed by atoms with E-state index in [1.54, 1.807) is 14.2 Å². The van der Waals surface area contributed by atoms with Crippen LogP contribution in [-0.2, 0) is 11.8 Å². The summed E-state index contributed by atoms with van der Waals surface area (Å²) in [6.07, 6.45) is 2.58. The quantitative estimate of drug-likeness (QED) is 0.501. The van der Waals surface area contributed by atoms with E-state index in [2.05, 4.69) is 31.3 Å². The van der Waals surface area contributed by atoms with Gasteiger partial charge in [-0.2, -0.15) is 5.26 Å². The summed E-state index contributed by atoms with van der Waals surface area (Å²) >= 11 is 6.42. The Morgan fingerprint density at radius 1 is 1.07 bits per heavy atom. The predicted molar refractivity (Wildman–Crippen MR) is 119 cm³/mol. The maximum Gasteiger partial charge on any atom is 0.160 e. The van der Waals surface area contributed by atoms with Crippen molar-refractivity contribution in [3.63, 3.8) is 0 Å². The first kappa shape index (κ1) is 23.1. The maximum absolute atomic E-state index is 10.0. The van der Waals surface area contributed by atoms with E-state index < -0.39 is 5.41 Å². The molecule has 5 heteroatoms. The van der Waals surface area contributed by atoms with E-state index in [1.165, 1.54) is 5.56 Å². The van der Waals surface area contributed by atoms with E-state index in [0.717, 1.165) is 49.4 Å². The normalized spacial score (nSPS) is 13.0. The highest BCUT2D eigenvalue weighted by atomic mass is 35.5. The first-order valence-electron chi connectivity index (χ1n) is 10.1. The molecule has 0 aliphatic heterocycles. The molecule has 0 amide bonds. The fourth-order valence-corrected chi connectivity index (χ4v) is 3.99. The predicted octanol–water partition coefficient (Wildman–Crippen LogP) is 5.39. The van der Waals surface area contributed by atoms with Crippen LogP contribution in [0.3, 0.4) is 0 Å². The molecule has 156 valence electrons. The molecular formula is C24H31ClN2O2. The Morgan fingerprint density at radius 2 is 1.79 bits per heavy atom. The molecule has 0 spiro atoms. The van der Waals surface area contributed by atoms with Crippen LogP contribution in [-0.4, -0.2) is 27.3 Å². The monoisotopic (exact) mass is 414 g/mol. The second-order valence-electron chi connectivity index (χ2n) is 7.51. The zero-order valence-corrected chi connectivity index (χ0v) is 18.6. The standard InChI is InChI=1S/C24H31ClN2O2/c1-18(2)24(17-26,20-8-5-6-9-21(20)25)13-7-14-27-15-12-19-10-11-22(28-3)23(16-19)29-4/h5-6,8-11,16,18,27H,7,12-15H2,1-4H3/t24-/m1/s1. The summed E-state index contributed by atoms with van der Waals surface area (Å²) in [6.45, 7) is 5.91. The van der Waals surface area contributed by atoms with Crippen LogP contribution in [0.25, 0.3) is 0 Å². The molecule has 1 atom stereocenters. The van der Waals surface area contributed by atoms with Crippen molar-refractivity contribution in [2.75, 3.05) is 27.3 Å². The molecule has 2 aromatic rings. The van der Waals surface area contributed by atoms with Gasteiger partial charge in [-0.3, -0.25) is 0 Å². The summed E-state index contributed by atoms with van der Waals surface area (Å²) in [5, 5.41) is 14.2. The molecular weight excluding hydrogens is 384 g/mol. The number of rotatable bonds is 11. The number of nitriles is 1. The molecule has 0 saturated carbocycles. The summed E-state index contributed by atoms with van der Waals surface area (Å²) in [4.78, 5) is 0. The molecule has 0 heterocycles. The van der Waals surface area contributed by atoms with Gasteiger partial charge in [0.15, 0.2) is 11.5 Å². The third kappa shape index (κ3) is 5.65. The fourth-order valence-electron chi connectivity index (χ4n) is 3.69. The number of nitrogens with zero attached hydrogens (tertiary/aromatic N) is 1. The minimum Gasteiger partial charge on any atom is -0.493 e. The SMILES string of the molecule is COc1ccc(CCNCCC[C@](C#N)(c2ccccc2Cl)C(C)C)cc1OC. The smallest absolute Gasteiger partial charge is 0.160 e. The number of ether oxygens (including phenoxy) is 2. The third-order valence-corrected chi connectivity index (χ3v) is 5.83. The van der Waals surface area contributed by atoms with Gasteiger partial charge in [-0.1, -0.05) is 49.7 Å². The summed E-state index contributed by atoms with van der Waals surface area (Å²) in [5.74, 6) is 1.67. The Labute approximate surface area is 179 Å². The van der Waals surface area contributed by atoms with Crippen molar-refractivity contribution in [2.45, 2.75) is 38.5 Å². The molecule has 4 nitrogen and oxygen atoms in total. The van der Waals surface area contributed by atoms with Crippen molar-refractivity contribution in [1.29, 1.82) is 5.26 Å². The van der Waals surface area contributed by atoms with Gasteiger partial charge in [-0.05, 0) is 67.6 Å². The third-order valence-electron chi connectivity index (χ3n) is 5.50. The number of nitrogens with one attached hydrogen (secondary N) is 1. The van der Waals surface area contributed by atoms with Crippen LogP contribution >= 0.6 is 11.6 Å². The van der Waals surface area contributed by atoms with E-state index in [1.807, 2.05) is 36.4 Å². The number of hydrogen-bond donors (Lipinski definition) is 1. The van der Waals surface area contributed by atoms with Crippen molar-refractivity contribution in [3.8, 4) is 17.6 Å². The van der Waals surface area contributed by atoms with E-state index in [9.17, 15) is 5.26 Å². The number of benzene rings is 2. The van der Waals surface area contributed by atoms with Crippen LogP contribution in [0.1, 0.15) is 37.8 Å². The first-order chi connectivity index (χ1) is 14.0. The fraction of sp³-hybridized carbons (Fsp3) is 0.458. The number of methoxy groups -OCH3 is 2. The van der Waals surface area contributed by atoms with Crippen molar-refractivity contribution in [1.82, 2.24) is 5.32 Å². The minimum atomic E-state index is -0.566. The Bertz CT molecular complexity index is 832. The average Bonchev–Trinajstić information content (AvgIpc) is 2.73. The number of halogens is 1. The van der Waals surface area contributed by atoms with E-state index >= 15 is 0 Å². The Balaban J connectivity index is 1.88. The van der Waals surface area contributed by atoms with Gasteiger partial charge in [0.1, 0.15) is 0 Å².